The van der Waals surface area contributed by atoms with Crippen molar-refractivity contribution in [2.45, 2.75) is 6.04 Å². The summed E-state index contributed by atoms with van der Waals surface area (Å²) in [5.74, 6) is 0.328. The number of nitrogens with one attached hydrogen (secondary N) is 1. The summed E-state index contributed by atoms with van der Waals surface area (Å²) in [4.78, 5) is 11.5. The fourth-order valence-corrected chi connectivity index (χ4v) is 1.85. The molecule has 0 spiro atoms. The zero-order valence-corrected chi connectivity index (χ0v) is 11.8. The molecule has 1 amide bonds. The summed E-state index contributed by atoms with van der Waals surface area (Å²) in [7, 11) is 1.61. The van der Waals surface area contributed by atoms with Gasteiger partial charge in [0.1, 0.15) is 11.8 Å². The van der Waals surface area contributed by atoms with Crippen LogP contribution in [0.1, 0.15) is 5.56 Å². The number of carbonyl (C=O) groups is 1. The van der Waals surface area contributed by atoms with Crippen molar-refractivity contribution in [1.29, 1.82) is 0 Å². The van der Waals surface area contributed by atoms with Gasteiger partial charge in [-0.15, -0.1) is 0 Å². The third-order valence-electron chi connectivity index (χ3n) is 3.00. The van der Waals surface area contributed by atoms with Gasteiger partial charge in [-0.1, -0.05) is 42.5 Å². The van der Waals surface area contributed by atoms with Gasteiger partial charge in [0.05, 0.1) is 7.11 Å². The fourth-order valence-electron chi connectivity index (χ4n) is 1.85. The van der Waals surface area contributed by atoms with Crippen molar-refractivity contribution < 1.29 is 9.53 Å². The highest BCUT2D eigenvalue weighted by Crippen LogP contribution is 2.16. The Morgan fingerprint density at radius 2 is 1.81 bits per heavy atom. The maximum atomic E-state index is 11.5. The van der Waals surface area contributed by atoms with Crippen molar-refractivity contribution >= 4 is 17.7 Å². The average molecular weight is 282 g/mol. The van der Waals surface area contributed by atoms with Gasteiger partial charge < -0.3 is 15.8 Å². The van der Waals surface area contributed by atoms with Gasteiger partial charge in [0, 0.05) is 5.69 Å². The molecule has 0 bridgehead atoms. The summed E-state index contributed by atoms with van der Waals surface area (Å²) in [6, 6.07) is 16.5. The molecule has 0 aliphatic carbocycles. The third-order valence-corrected chi connectivity index (χ3v) is 3.00. The Kier molecular flexibility index (Phi) is 4.99. The number of anilines is 1. The molecule has 21 heavy (non-hydrogen) atoms. The van der Waals surface area contributed by atoms with Gasteiger partial charge in [-0.2, -0.15) is 0 Å². The Balaban J connectivity index is 2.08. The number of hydrogen-bond donors (Lipinski definition) is 2. The highest BCUT2D eigenvalue weighted by Gasteiger charge is 2.11. The van der Waals surface area contributed by atoms with Crippen molar-refractivity contribution in [3.8, 4) is 5.75 Å². The van der Waals surface area contributed by atoms with E-state index < -0.39 is 11.9 Å². The first-order valence-corrected chi connectivity index (χ1v) is 6.62. The number of ether oxygens (including phenoxy) is 1. The van der Waals surface area contributed by atoms with Crippen LogP contribution in [0.5, 0.6) is 5.75 Å². The molecule has 4 heteroatoms. The van der Waals surface area contributed by atoms with Crippen LogP contribution in [0.3, 0.4) is 0 Å². The number of rotatable bonds is 6. The van der Waals surface area contributed by atoms with Gasteiger partial charge in [-0.25, -0.2) is 0 Å². The highest BCUT2D eigenvalue weighted by atomic mass is 16.5. The van der Waals surface area contributed by atoms with Crippen LogP contribution in [0.25, 0.3) is 6.08 Å². The van der Waals surface area contributed by atoms with Gasteiger partial charge in [-0.3, -0.25) is 4.79 Å². The first kappa shape index (κ1) is 14.7. The summed E-state index contributed by atoms with van der Waals surface area (Å²) in [5, 5.41) is 3.08. The van der Waals surface area contributed by atoms with Crippen LogP contribution in [-0.4, -0.2) is 19.1 Å². The molecule has 1 unspecified atom stereocenters. The second-order valence-corrected chi connectivity index (χ2v) is 4.52. The van der Waals surface area contributed by atoms with E-state index in [-0.39, 0.29) is 0 Å². The molecule has 0 aliphatic heterocycles. The standard InChI is InChI=1S/C17H18N2O2/c1-21-15-10-8-14(9-11-15)19-16(17(18)20)12-7-13-5-3-2-4-6-13/h2-12,16,19H,1H3,(H2,18,20)/b12-7+. The maximum Gasteiger partial charge on any atom is 0.243 e. The van der Waals surface area contributed by atoms with E-state index in [1.54, 1.807) is 13.2 Å². The number of methoxy groups -OCH3 is 1. The summed E-state index contributed by atoms with van der Waals surface area (Å²) in [5.41, 5.74) is 7.24. The van der Waals surface area contributed by atoms with Crippen molar-refractivity contribution in [1.82, 2.24) is 0 Å². The molecule has 3 N–H and O–H groups in total. The average Bonchev–Trinajstić information content (AvgIpc) is 2.52. The van der Waals surface area contributed by atoms with Crippen LogP contribution in [-0.2, 0) is 4.79 Å². The summed E-state index contributed by atoms with van der Waals surface area (Å²) in [6.07, 6.45) is 3.62. The molecule has 4 nitrogen and oxygen atoms in total. The van der Waals surface area contributed by atoms with Crippen LogP contribution >= 0.6 is 0 Å². The van der Waals surface area contributed by atoms with Crippen LogP contribution in [0.15, 0.2) is 60.7 Å². The number of benzene rings is 2. The highest BCUT2D eigenvalue weighted by molar-refractivity contribution is 5.86. The Morgan fingerprint density at radius 1 is 1.14 bits per heavy atom. The Labute approximate surface area is 124 Å². The normalized spacial score (nSPS) is 12.0. The molecular formula is C17H18N2O2. The molecule has 0 aliphatic rings. The molecule has 2 aromatic rings. The lowest BCUT2D eigenvalue weighted by Gasteiger charge is -2.13. The first-order chi connectivity index (χ1) is 10.2. The molecule has 108 valence electrons. The predicted molar refractivity (Wildman–Crippen MR) is 85.1 cm³/mol. The first-order valence-electron chi connectivity index (χ1n) is 6.62. The van der Waals surface area contributed by atoms with Crippen molar-refractivity contribution in [3.63, 3.8) is 0 Å². The Morgan fingerprint density at radius 3 is 2.38 bits per heavy atom. The molecule has 0 radical (unpaired) electrons. The van der Waals surface area contributed by atoms with Gasteiger partial charge in [0.25, 0.3) is 0 Å². The topological polar surface area (TPSA) is 64.3 Å². The van der Waals surface area contributed by atoms with E-state index in [1.807, 2.05) is 60.7 Å². The van der Waals surface area contributed by atoms with Crippen LogP contribution in [0.2, 0.25) is 0 Å². The number of hydrogen-bond acceptors (Lipinski definition) is 3. The molecule has 1 atom stereocenters. The lowest BCUT2D eigenvalue weighted by Crippen LogP contribution is -2.33. The summed E-state index contributed by atoms with van der Waals surface area (Å²) >= 11 is 0. The number of nitrogens with two attached hydrogens (primary N) is 1. The van der Waals surface area contributed by atoms with Crippen molar-refractivity contribution in [2.75, 3.05) is 12.4 Å². The molecule has 0 aromatic heterocycles. The monoisotopic (exact) mass is 282 g/mol. The maximum absolute atomic E-state index is 11.5. The molecule has 2 rings (SSSR count). The van der Waals surface area contributed by atoms with E-state index in [0.717, 1.165) is 17.0 Å². The van der Waals surface area contributed by atoms with E-state index in [2.05, 4.69) is 5.32 Å². The lowest BCUT2D eigenvalue weighted by atomic mass is 10.1. The second-order valence-electron chi connectivity index (χ2n) is 4.52. The fraction of sp³-hybridized carbons (Fsp3) is 0.118. The van der Waals surface area contributed by atoms with Gasteiger partial charge in [0.2, 0.25) is 5.91 Å². The minimum atomic E-state index is -0.571. The lowest BCUT2D eigenvalue weighted by molar-refractivity contribution is -0.117. The molecule has 0 heterocycles. The van der Waals surface area contributed by atoms with Crippen LogP contribution < -0.4 is 15.8 Å². The molecular weight excluding hydrogens is 264 g/mol. The number of amides is 1. The molecule has 0 saturated heterocycles. The quantitative estimate of drug-likeness (QED) is 0.856. The Bertz CT molecular complexity index is 606. The molecule has 0 saturated carbocycles. The van der Waals surface area contributed by atoms with E-state index in [1.165, 1.54) is 0 Å². The largest absolute Gasteiger partial charge is 0.497 e. The third kappa shape index (κ3) is 4.38. The zero-order valence-electron chi connectivity index (χ0n) is 11.8. The van der Waals surface area contributed by atoms with Gasteiger partial charge >= 0.3 is 0 Å². The van der Waals surface area contributed by atoms with E-state index in [0.29, 0.717) is 0 Å². The zero-order chi connectivity index (χ0) is 15.1. The van der Waals surface area contributed by atoms with Crippen LogP contribution in [0.4, 0.5) is 5.69 Å². The number of carbonyl (C=O) groups excluding carboxylic acids is 1. The van der Waals surface area contributed by atoms with E-state index in [9.17, 15) is 4.79 Å². The minimum absolute atomic E-state index is 0.432. The molecule has 0 fully saturated rings. The van der Waals surface area contributed by atoms with Crippen LogP contribution in [0, 0.1) is 0 Å². The second kappa shape index (κ2) is 7.14. The van der Waals surface area contributed by atoms with E-state index in [4.69, 9.17) is 10.5 Å². The predicted octanol–water partition coefficient (Wildman–Crippen LogP) is 2.67. The summed E-state index contributed by atoms with van der Waals surface area (Å²) < 4.78 is 5.09. The molecule has 2 aromatic carbocycles. The van der Waals surface area contributed by atoms with Gasteiger partial charge in [-0.05, 0) is 29.8 Å². The summed E-state index contributed by atoms with van der Waals surface area (Å²) in [6.45, 7) is 0. The van der Waals surface area contributed by atoms with Crippen molar-refractivity contribution in [3.05, 3.63) is 66.2 Å². The van der Waals surface area contributed by atoms with Crippen molar-refractivity contribution in [2.24, 2.45) is 5.73 Å². The minimum Gasteiger partial charge on any atom is -0.497 e. The Hall–Kier alpha value is -2.75. The van der Waals surface area contributed by atoms with Gasteiger partial charge in [0.15, 0.2) is 0 Å². The smallest absolute Gasteiger partial charge is 0.243 e. The SMILES string of the molecule is COc1ccc(NC(/C=C/c2ccccc2)C(N)=O)cc1. The van der Waals surface area contributed by atoms with E-state index >= 15 is 0 Å². The number of primary amides is 1.